The Morgan fingerprint density at radius 1 is 1.19 bits per heavy atom. The van der Waals surface area contributed by atoms with Crippen molar-refractivity contribution in [3.05, 3.63) is 29.8 Å². The molecule has 16 heavy (non-hydrogen) atoms. The molecule has 0 aromatic heterocycles. The lowest BCUT2D eigenvalue weighted by Crippen LogP contribution is -2.39. The molecule has 0 spiro atoms. The van der Waals surface area contributed by atoms with Gasteiger partial charge < -0.3 is 5.11 Å². The van der Waals surface area contributed by atoms with Crippen molar-refractivity contribution in [2.45, 2.75) is 6.54 Å². The summed E-state index contributed by atoms with van der Waals surface area (Å²) in [6, 6.07) is 7.16. The average Bonchev–Trinajstić information content (AvgIpc) is 2.24. The van der Waals surface area contributed by atoms with Crippen LogP contribution in [-0.4, -0.2) is 43.0 Å². The summed E-state index contributed by atoms with van der Waals surface area (Å²) >= 11 is 0. The summed E-state index contributed by atoms with van der Waals surface area (Å²) in [5, 5.41) is 9.60. The number of aromatic hydroxyl groups is 1. The second-order valence-corrected chi connectivity index (χ2v) is 6.36. The molecule has 1 aromatic carbocycles. The van der Waals surface area contributed by atoms with Crippen molar-refractivity contribution in [3.8, 4) is 5.75 Å². The summed E-state index contributed by atoms with van der Waals surface area (Å²) in [4.78, 5) is 2.05. The highest BCUT2D eigenvalue weighted by Crippen LogP contribution is 2.18. The van der Waals surface area contributed by atoms with Crippen LogP contribution < -0.4 is 0 Å². The smallest absolute Gasteiger partial charge is 0.152 e. The molecular formula is C11H15NO3S. The zero-order chi connectivity index (χ0) is 11.6. The van der Waals surface area contributed by atoms with Gasteiger partial charge in [0, 0.05) is 25.2 Å². The van der Waals surface area contributed by atoms with E-state index in [0.29, 0.717) is 19.6 Å². The van der Waals surface area contributed by atoms with Crippen LogP contribution in [0.4, 0.5) is 0 Å². The highest BCUT2D eigenvalue weighted by Gasteiger charge is 2.21. The second kappa shape index (κ2) is 4.43. The maximum atomic E-state index is 11.2. The summed E-state index contributed by atoms with van der Waals surface area (Å²) in [7, 11) is -2.82. The van der Waals surface area contributed by atoms with Crippen LogP contribution in [0.3, 0.4) is 0 Å². The molecule has 0 atom stereocenters. The van der Waals surface area contributed by atoms with Crippen LogP contribution in [0.1, 0.15) is 5.56 Å². The number of rotatable bonds is 2. The number of hydrogen-bond acceptors (Lipinski definition) is 4. The van der Waals surface area contributed by atoms with Crippen LogP contribution in [0.25, 0.3) is 0 Å². The highest BCUT2D eigenvalue weighted by molar-refractivity contribution is 7.91. The molecule has 0 saturated carbocycles. The van der Waals surface area contributed by atoms with Crippen molar-refractivity contribution in [2.75, 3.05) is 24.6 Å². The topological polar surface area (TPSA) is 57.6 Å². The molecule has 1 fully saturated rings. The first-order valence-corrected chi connectivity index (χ1v) is 7.09. The van der Waals surface area contributed by atoms with Crippen molar-refractivity contribution in [1.29, 1.82) is 0 Å². The lowest BCUT2D eigenvalue weighted by Gasteiger charge is -2.26. The van der Waals surface area contributed by atoms with E-state index in [1.165, 1.54) is 0 Å². The van der Waals surface area contributed by atoms with Crippen LogP contribution in [0.5, 0.6) is 5.75 Å². The largest absolute Gasteiger partial charge is 0.508 e. The minimum atomic E-state index is -2.82. The third kappa shape index (κ3) is 2.74. The van der Waals surface area contributed by atoms with Gasteiger partial charge in [0.15, 0.2) is 9.84 Å². The Morgan fingerprint density at radius 3 is 2.44 bits per heavy atom. The Balaban J connectivity index is 2.00. The number of nitrogens with zero attached hydrogens (tertiary/aromatic N) is 1. The van der Waals surface area contributed by atoms with Gasteiger partial charge in [-0.15, -0.1) is 0 Å². The SMILES string of the molecule is O=S1(=O)CCN(Cc2ccccc2O)CC1. The molecule has 2 rings (SSSR count). The maximum Gasteiger partial charge on any atom is 0.152 e. The molecule has 5 heteroatoms. The first-order chi connectivity index (χ1) is 7.57. The summed E-state index contributed by atoms with van der Waals surface area (Å²) in [6.07, 6.45) is 0. The van der Waals surface area contributed by atoms with Crippen LogP contribution in [0, 0.1) is 0 Å². The number of para-hydroxylation sites is 1. The summed E-state index contributed by atoms with van der Waals surface area (Å²) in [6.45, 7) is 1.72. The van der Waals surface area contributed by atoms with E-state index < -0.39 is 9.84 Å². The molecule has 1 aromatic rings. The minimum absolute atomic E-state index is 0.223. The number of hydrogen-bond donors (Lipinski definition) is 1. The normalized spacial score (nSPS) is 20.8. The highest BCUT2D eigenvalue weighted by atomic mass is 32.2. The third-order valence-corrected chi connectivity index (χ3v) is 4.43. The molecule has 1 saturated heterocycles. The zero-order valence-electron chi connectivity index (χ0n) is 8.96. The van der Waals surface area contributed by atoms with Gasteiger partial charge in [0.1, 0.15) is 5.75 Å². The fourth-order valence-corrected chi connectivity index (χ4v) is 3.07. The van der Waals surface area contributed by atoms with Gasteiger partial charge in [-0.1, -0.05) is 18.2 Å². The molecule has 1 N–H and O–H groups in total. The van der Waals surface area contributed by atoms with Gasteiger partial charge >= 0.3 is 0 Å². The van der Waals surface area contributed by atoms with E-state index in [0.717, 1.165) is 5.56 Å². The van der Waals surface area contributed by atoms with Gasteiger partial charge in [0.25, 0.3) is 0 Å². The third-order valence-electron chi connectivity index (χ3n) is 2.82. The Bertz CT molecular complexity index is 456. The van der Waals surface area contributed by atoms with Crippen LogP contribution in [0.15, 0.2) is 24.3 Å². The summed E-state index contributed by atoms with van der Waals surface area (Å²) in [5.41, 5.74) is 0.849. The second-order valence-electron chi connectivity index (χ2n) is 4.06. The van der Waals surface area contributed by atoms with Crippen LogP contribution in [-0.2, 0) is 16.4 Å². The molecule has 88 valence electrons. The first-order valence-electron chi connectivity index (χ1n) is 5.26. The van der Waals surface area contributed by atoms with E-state index in [2.05, 4.69) is 4.90 Å². The van der Waals surface area contributed by atoms with E-state index in [4.69, 9.17) is 0 Å². The molecule has 4 nitrogen and oxygen atoms in total. The van der Waals surface area contributed by atoms with Gasteiger partial charge in [0.2, 0.25) is 0 Å². The number of benzene rings is 1. The van der Waals surface area contributed by atoms with E-state index >= 15 is 0 Å². The Kier molecular flexibility index (Phi) is 3.16. The van der Waals surface area contributed by atoms with Crippen molar-refractivity contribution < 1.29 is 13.5 Å². The molecule has 0 radical (unpaired) electrons. The molecule has 0 bridgehead atoms. The van der Waals surface area contributed by atoms with Gasteiger partial charge in [-0.05, 0) is 6.07 Å². The Labute approximate surface area is 95.4 Å². The van der Waals surface area contributed by atoms with Crippen LogP contribution >= 0.6 is 0 Å². The fraction of sp³-hybridized carbons (Fsp3) is 0.455. The molecule has 1 heterocycles. The summed E-state index contributed by atoms with van der Waals surface area (Å²) in [5.74, 6) is 0.720. The lowest BCUT2D eigenvalue weighted by atomic mass is 10.2. The van der Waals surface area contributed by atoms with E-state index in [-0.39, 0.29) is 17.3 Å². The maximum absolute atomic E-state index is 11.2. The van der Waals surface area contributed by atoms with Gasteiger partial charge in [-0.25, -0.2) is 8.42 Å². The lowest BCUT2D eigenvalue weighted by molar-refractivity contribution is 0.283. The van der Waals surface area contributed by atoms with Gasteiger partial charge in [-0.3, -0.25) is 4.90 Å². The Hall–Kier alpha value is -1.07. The van der Waals surface area contributed by atoms with Gasteiger partial charge in [-0.2, -0.15) is 0 Å². The van der Waals surface area contributed by atoms with Crippen molar-refractivity contribution >= 4 is 9.84 Å². The quantitative estimate of drug-likeness (QED) is 0.825. The average molecular weight is 241 g/mol. The van der Waals surface area contributed by atoms with E-state index in [1.54, 1.807) is 12.1 Å². The Morgan fingerprint density at radius 2 is 1.81 bits per heavy atom. The van der Waals surface area contributed by atoms with Crippen LogP contribution in [0.2, 0.25) is 0 Å². The van der Waals surface area contributed by atoms with Gasteiger partial charge in [0.05, 0.1) is 11.5 Å². The first kappa shape index (κ1) is 11.4. The molecule has 0 amide bonds. The van der Waals surface area contributed by atoms with Crippen molar-refractivity contribution in [1.82, 2.24) is 4.90 Å². The van der Waals surface area contributed by atoms with E-state index in [9.17, 15) is 13.5 Å². The number of sulfone groups is 1. The van der Waals surface area contributed by atoms with Crippen molar-refractivity contribution in [2.24, 2.45) is 0 Å². The predicted octanol–water partition coefficient (Wildman–Crippen LogP) is 0.623. The molecule has 1 aliphatic heterocycles. The standard InChI is InChI=1S/C11H15NO3S/c13-11-4-2-1-3-10(11)9-12-5-7-16(14,15)8-6-12/h1-4,13H,5-9H2. The van der Waals surface area contributed by atoms with Crippen molar-refractivity contribution in [3.63, 3.8) is 0 Å². The molecule has 0 aliphatic carbocycles. The monoisotopic (exact) mass is 241 g/mol. The zero-order valence-corrected chi connectivity index (χ0v) is 9.78. The van der Waals surface area contributed by atoms with E-state index in [1.807, 2.05) is 12.1 Å². The number of phenolic OH excluding ortho intramolecular Hbond substituents is 1. The molecule has 1 aliphatic rings. The molecule has 0 unspecified atom stereocenters. The summed E-state index contributed by atoms with van der Waals surface area (Å²) < 4.78 is 22.5. The number of phenols is 1. The minimum Gasteiger partial charge on any atom is -0.508 e. The predicted molar refractivity (Wildman–Crippen MR) is 62.0 cm³/mol. The fourth-order valence-electron chi connectivity index (χ4n) is 1.79. The molecular weight excluding hydrogens is 226 g/mol.